The lowest BCUT2D eigenvalue weighted by molar-refractivity contribution is 0.0615. The molecule has 1 aromatic carbocycles. The third-order valence-electron chi connectivity index (χ3n) is 4.11. The molecule has 2 aromatic rings. The van der Waals surface area contributed by atoms with Gasteiger partial charge in [0.05, 0.1) is 5.02 Å². The number of hydrogen-bond donors (Lipinski definition) is 1. The van der Waals surface area contributed by atoms with E-state index in [0.717, 1.165) is 24.6 Å². The first kappa shape index (κ1) is 23.9. The Labute approximate surface area is 180 Å². The molecule has 10 heteroatoms. The number of aromatic nitrogens is 1. The highest BCUT2D eigenvalue weighted by Crippen LogP contribution is 2.23. The molecule has 6 nitrogen and oxygen atoms in total. The summed E-state index contributed by atoms with van der Waals surface area (Å²) in [7, 11) is 0. The van der Waals surface area contributed by atoms with Gasteiger partial charge in [-0.1, -0.05) is 23.7 Å². The first-order valence-corrected chi connectivity index (χ1v) is 9.46. The van der Waals surface area contributed by atoms with Crippen LogP contribution >= 0.6 is 47.8 Å². The van der Waals surface area contributed by atoms with Crippen LogP contribution in [0, 0.1) is 0 Å². The van der Waals surface area contributed by atoms with Crippen molar-refractivity contribution in [2.45, 2.75) is 6.54 Å². The number of ether oxygens (including phenoxy) is 1. The smallest absolute Gasteiger partial charge is 0.273 e. The minimum absolute atomic E-state index is 0. The maximum atomic E-state index is 12.4. The summed E-state index contributed by atoms with van der Waals surface area (Å²) in [5.41, 5.74) is 6.05. The number of rotatable bonds is 6. The van der Waals surface area contributed by atoms with Crippen molar-refractivity contribution in [1.29, 1.82) is 0 Å². The first-order chi connectivity index (χ1) is 12.2. The van der Waals surface area contributed by atoms with Crippen LogP contribution in [0.15, 0.2) is 29.6 Å². The molecule has 1 saturated heterocycles. The van der Waals surface area contributed by atoms with Crippen LogP contribution in [0.1, 0.15) is 15.5 Å². The van der Waals surface area contributed by atoms with E-state index in [1.165, 1.54) is 11.3 Å². The fraction of sp³-hybridized carbons (Fsp3) is 0.412. The Morgan fingerprint density at radius 3 is 2.56 bits per heavy atom. The van der Waals surface area contributed by atoms with Gasteiger partial charge in [-0.2, -0.15) is 0 Å². The second kappa shape index (κ2) is 11.7. The fourth-order valence-electron chi connectivity index (χ4n) is 2.69. The molecule has 0 aliphatic carbocycles. The van der Waals surface area contributed by atoms with Crippen molar-refractivity contribution in [3.05, 3.63) is 45.4 Å². The van der Waals surface area contributed by atoms with Crippen LogP contribution in [0.4, 0.5) is 0 Å². The number of para-hydroxylation sites is 1. The molecule has 1 fully saturated rings. The molecule has 1 aromatic heterocycles. The minimum Gasteiger partial charge on any atom is -0.491 e. The lowest BCUT2D eigenvalue weighted by Gasteiger charge is -2.34. The molecule has 1 amide bonds. The largest absolute Gasteiger partial charge is 0.491 e. The summed E-state index contributed by atoms with van der Waals surface area (Å²) in [6.07, 6.45) is 0. The zero-order valence-corrected chi connectivity index (χ0v) is 17.9. The van der Waals surface area contributed by atoms with Crippen LogP contribution in [-0.4, -0.2) is 60.0 Å². The highest BCUT2D eigenvalue weighted by Gasteiger charge is 2.23. The first-order valence-electron chi connectivity index (χ1n) is 8.21. The van der Waals surface area contributed by atoms with E-state index < -0.39 is 0 Å². The molecule has 150 valence electrons. The Balaban J connectivity index is 0.00000182. The number of benzene rings is 1. The molecule has 0 radical (unpaired) electrons. The summed E-state index contributed by atoms with van der Waals surface area (Å²) < 4.78 is 5.72. The molecule has 0 bridgehead atoms. The number of thiazole rings is 1. The van der Waals surface area contributed by atoms with Crippen molar-refractivity contribution in [2.75, 3.05) is 39.3 Å². The maximum Gasteiger partial charge on any atom is 0.273 e. The van der Waals surface area contributed by atoms with Crippen molar-refractivity contribution in [1.82, 2.24) is 14.8 Å². The summed E-state index contributed by atoms with van der Waals surface area (Å²) in [5, 5.41) is 3.20. The number of hydrogen-bond acceptors (Lipinski definition) is 6. The van der Waals surface area contributed by atoms with Gasteiger partial charge in [0.2, 0.25) is 0 Å². The third-order valence-corrected chi connectivity index (χ3v) is 5.29. The number of amides is 1. The average molecular weight is 454 g/mol. The predicted octanol–water partition coefficient (Wildman–Crippen LogP) is 2.94. The molecule has 27 heavy (non-hydrogen) atoms. The Hall–Kier alpha value is -1.09. The highest BCUT2D eigenvalue weighted by atomic mass is 35.5. The van der Waals surface area contributed by atoms with E-state index >= 15 is 0 Å². The van der Waals surface area contributed by atoms with Crippen LogP contribution in [-0.2, 0) is 6.54 Å². The SMILES string of the molecule is Cl.Cl.NCc1nc(C(=O)N2CCN(CCOc3ccccc3Cl)CC2)cs1. The number of nitrogens with two attached hydrogens (primary N) is 1. The van der Waals surface area contributed by atoms with Gasteiger partial charge < -0.3 is 15.4 Å². The molecule has 3 rings (SSSR count). The van der Waals surface area contributed by atoms with Gasteiger partial charge in [0.25, 0.3) is 5.91 Å². The van der Waals surface area contributed by atoms with Gasteiger partial charge in [-0.15, -0.1) is 36.2 Å². The van der Waals surface area contributed by atoms with E-state index in [4.69, 9.17) is 22.1 Å². The second-order valence-electron chi connectivity index (χ2n) is 5.74. The van der Waals surface area contributed by atoms with Gasteiger partial charge in [0.1, 0.15) is 23.1 Å². The summed E-state index contributed by atoms with van der Waals surface area (Å²) in [6, 6.07) is 7.46. The molecule has 2 N–H and O–H groups in total. The Morgan fingerprint density at radius 1 is 1.22 bits per heavy atom. The van der Waals surface area contributed by atoms with Gasteiger partial charge in [0, 0.05) is 44.6 Å². The van der Waals surface area contributed by atoms with Crippen molar-refractivity contribution < 1.29 is 9.53 Å². The molecule has 0 saturated carbocycles. The monoisotopic (exact) mass is 452 g/mol. The zero-order chi connectivity index (χ0) is 17.6. The third kappa shape index (κ3) is 6.48. The number of carbonyl (C=O) groups is 1. The topological polar surface area (TPSA) is 71.7 Å². The Bertz CT molecular complexity index is 724. The number of nitrogens with zero attached hydrogens (tertiary/aromatic N) is 3. The lowest BCUT2D eigenvalue weighted by atomic mass is 10.3. The molecule has 2 heterocycles. The van der Waals surface area contributed by atoms with Crippen molar-refractivity contribution in [2.24, 2.45) is 5.73 Å². The van der Waals surface area contributed by atoms with Crippen LogP contribution in [0.2, 0.25) is 5.02 Å². The van der Waals surface area contributed by atoms with E-state index in [9.17, 15) is 4.79 Å². The quantitative estimate of drug-likeness (QED) is 0.728. The van der Waals surface area contributed by atoms with E-state index in [0.29, 0.717) is 42.7 Å². The molecule has 0 spiro atoms. The molecule has 0 unspecified atom stereocenters. The number of halogens is 3. The van der Waals surface area contributed by atoms with E-state index in [1.54, 1.807) is 5.38 Å². The normalized spacial score (nSPS) is 14.2. The Morgan fingerprint density at radius 2 is 1.93 bits per heavy atom. The van der Waals surface area contributed by atoms with E-state index in [2.05, 4.69) is 9.88 Å². The van der Waals surface area contributed by atoms with Gasteiger partial charge >= 0.3 is 0 Å². The zero-order valence-electron chi connectivity index (χ0n) is 14.7. The molecule has 1 aliphatic heterocycles. The molecule has 1 aliphatic rings. The molecular formula is C17H23Cl3N4O2S. The molecular weight excluding hydrogens is 431 g/mol. The maximum absolute atomic E-state index is 12.4. The summed E-state index contributed by atoms with van der Waals surface area (Å²) >= 11 is 7.51. The summed E-state index contributed by atoms with van der Waals surface area (Å²) in [5.74, 6) is 0.695. The van der Waals surface area contributed by atoms with Crippen molar-refractivity contribution in [3.63, 3.8) is 0 Å². The van der Waals surface area contributed by atoms with Crippen molar-refractivity contribution >= 4 is 53.7 Å². The number of carbonyl (C=O) groups excluding carboxylic acids is 1. The van der Waals surface area contributed by atoms with Gasteiger partial charge in [0.15, 0.2) is 0 Å². The van der Waals surface area contributed by atoms with Gasteiger partial charge in [-0.25, -0.2) is 4.98 Å². The van der Waals surface area contributed by atoms with Crippen LogP contribution in [0.3, 0.4) is 0 Å². The minimum atomic E-state index is -0.0112. The number of piperazine rings is 1. The lowest BCUT2D eigenvalue weighted by Crippen LogP contribution is -2.49. The predicted molar refractivity (Wildman–Crippen MR) is 114 cm³/mol. The summed E-state index contributed by atoms with van der Waals surface area (Å²) in [6.45, 7) is 4.79. The fourth-order valence-corrected chi connectivity index (χ4v) is 3.52. The van der Waals surface area contributed by atoms with Crippen LogP contribution in [0.5, 0.6) is 5.75 Å². The summed E-state index contributed by atoms with van der Waals surface area (Å²) in [4.78, 5) is 20.8. The van der Waals surface area contributed by atoms with Crippen LogP contribution in [0.25, 0.3) is 0 Å². The van der Waals surface area contributed by atoms with Crippen molar-refractivity contribution in [3.8, 4) is 5.75 Å². The standard InChI is InChI=1S/C17H21ClN4O2S.2ClH/c18-13-3-1-2-4-15(13)24-10-9-21-5-7-22(8-6-21)17(23)14-12-25-16(11-19)20-14;;/h1-4,12H,5-11,19H2;2*1H. The Kier molecular flexibility index (Phi) is 10.4. The van der Waals surface area contributed by atoms with Gasteiger partial charge in [-0.3, -0.25) is 9.69 Å². The van der Waals surface area contributed by atoms with Crippen LogP contribution < -0.4 is 10.5 Å². The highest BCUT2D eigenvalue weighted by molar-refractivity contribution is 7.09. The van der Waals surface area contributed by atoms with E-state index in [-0.39, 0.29) is 30.7 Å². The van der Waals surface area contributed by atoms with Gasteiger partial charge in [-0.05, 0) is 12.1 Å². The average Bonchev–Trinajstić information content (AvgIpc) is 3.12. The van der Waals surface area contributed by atoms with E-state index in [1.807, 2.05) is 29.2 Å². The second-order valence-corrected chi connectivity index (χ2v) is 7.09. The molecule has 0 atom stereocenters.